The third kappa shape index (κ3) is 3.97. The average molecular weight is 386 g/mol. The van der Waals surface area contributed by atoms with Crippen LogP contribution in [0.1, 0.15) is 5.82 Å². The molecule has 136 valence electrons. The van der Waals surface area contributed by atoms with Crippen LogP contribution in [0.4, 0.5) is 9.52 Å². The molecular formula is C15H19FN4O3S2. The second-order valence-electron chi connectivity index (χ2n) is 5.56. The van der Waals surface area contributed by atoms with E-state index in [1.165, 1.54) is 34.0 Å². The molecule has 0 atom stereocenters. The summed E-state index contributed by atoms with van der Waals surface area (Å²) in [5, 5.41) is 0.772. The summed E-state index contributed by atoms with van der Waals surface area (Å²) in [7, 11) is -2.20. The Morgan fingerprint density at radius 3 is 2.64 bits per heavy atom. The molecule has 0 spiro atoms. The first-order valence-corrected chi connectivity index (χ1v) is 10.0. The number of nitrogens with zero attached hydrogens (tertiary/aromatic N) is 4. The summed E-state index contributed by atoms with van der Waals surface area (Å²) < 4.78 is 49.7. The van der Waals surface area contributed by atoms with E-state index in [0.717, 1.165) is 17.0 Å². The number of halogens is 1. The molecule has 1 saturated heterocycles. The monoisotopic (exact) mass is 386 g/mol. The largest absolute Gasteiger partial charge is 0.384 e. The van der Waals surface area contributed by atoms with Crippen molar-refractivity contribution in [3.8, 4) is 0 Å². The lowest BCUT2D eigenvalue weighted by Gasteiger charge is -2.33. The van der Waals surface area contributed by atoms with E-state index in [-0.39, 0.29) is 18.0 Å². The van der Waals surface area contributed by atoms with Crippen molar-refractivity contribution in [1.82, 2.24) is 13.7 Å². The van der Waals surface area contributed by atoms with Crippen molar-refractivity contribution in [3.05, 3.63) is 35.9 Å². The van der Waals surface area contributed by atoms with E-state index in [1.807, 2.05) is 4.90 Å². The Kier molecular flexibility index (Phi) is 5.62. The molecule has 10 heteroatoms. The summed E-state index contributed by atoms with van der Waals surface area (Å²) in [5.41, 5.74) is 0. The van der Waals surface area contributed by atoms with Gasteiger partial charge in [0.15, 0.2) is 0 Å². The highest BCUT2D eigenvalue weighted by Gasteiger charge is 2.31. The molecule has 1 aromatic carbocycles. The molecule has 7 nitrogen and oxygen atoms in total. The summed E-state index contributed by atoms with van der Waals surface area (Å²) in [5.74, 6) is 0.0000886. The maximum Gasteiger partial charge on any atom is 0.246 e. The highest BCUT2D eigenvalue weighted by atomic mass is 32.2. The Labute approximate surface area is 150 Å². The molecule has 25 heavy (non-hydrogen) atoms. The fourth-order valence-corrected chi connectivity index (χ4v) is 4.83. The number of benzene rings is 1. The van der Waals surface area contributed by atoms with Crippen molar-refractivity contribution in [1.29, 1.82) is 0 Å². The van der Waals surface area contributed by atoms with E-state index in [2.05, 4.69) is 9.36 Å². The van der Waals surface area contributed by atoms with Gasteiger partial charge in [-0.25, -0.2) is 17.8 Å². The second-order valence-corrected chi connectivity index (χ2v) is 8.19. The predicted octanol–water partition coefficient (Wildman–Crippen LogP) is 1.38. The zero-order valence-electron chi connectivity index (χ0n) is 13.8. The van der Waals surface area contributed by atoms with Crippen LogP contribution in [-0.4, -0.2) is 62.0 Å². The number of hydrogen-bond acceptors (Lipinski definition) is 7. The van der Waals surface area contributed by atoms with Crippen LogP contribution >= 0.6 is 11.5 Å². The quantitative estimate of drug-likeness (QED) is 0.747. The van der Waals surface area contributed by atoms with Gasteiger partial charge in [-0.2, -0.15) is 8.68 Å². The van der Waals surface area contributed by atoms with Crippen LogP contribution in [0.25, 0.3) is 0 Å². The highest BCUT2D eigenvalue weighted by Crippen LogP contribution is 2.23. The van der Waals surface area contributed by atoms with E-state index in [4.69, 9.17) is 4.74 Å². The van der Waals surface area contributed by atoms with Crippen LogP contribution in [0.15, 0.2) is 29.2 Å². The first-order chi connectivity index (χ1) is 12.0. The van der Waals surface area contributed by atoms with Crippen LogP contribution in [0.5, 0.6) is 0 Å². The normalized spacial score (nSPS) is 16.3. The predicted molar refractivity (Wildman–Crippen MR) is 92.9 cm³/mol. The van der Waals surface area contributed by atoms with Gasteiger partial charge in [0, 0.05) is 51.2 Å². The number of piperazine rings is 1. The standard InChI is InChI=1S/C15H19FN4O3S2/c1-23-11-6-14-17-15(24-18-14)19-7-9-20(10-8-19)25(21,22)13-5-3-2-4-12(13)16/h2-5H,6-11H2,1H3. The number of ether oxygens (including phenoxy) is 1. The van der Waals surface area contributed by atoms with Gasteiger partial charge in [0.25, 0.3) is 0 Å². The topological polar surface area (TPSA) is 75.6 Å². The van der Waals surface area contributed by atoms with E-state index < -0.39 is 15.8 Å². The molecule has 2 aromatic rings. The average Bonchev–Trinajstić information content (AvgIpc) is 3.09. The van der Waals surface area contributed by atoms with Gasteiger partial charge in [-0.3, -0.25) is 0 Å². The zero-order valence-corrected chi connectivity index (χ0v) is 15.4. The summed E-state index contributed by atoms with van der Waals surface area (Å²) in [4.78, 5) is 6.18. The number of aromatic nitrogens is 2. The Bertz CT molecular complexity index is 820. The Balaban J connectivity index is 1.65. The fourth-order valence-electron chi connectivity index (χ4n) is 2.58. The van der Waals surface area contributed by atoms with Crippen LogP contribution in [0.2, 0.25) is 0 Å². The molecule has 2 heterocycles. The van der Waals surface area contributed by atoms with Gasteiger partial charge < -0.3 is 9.64 Å². The molecule has 0 unspecified atom stereocenters. The van der Waals surface area contributed by atoms with E-state index >= 15 is 0 Å². The molecular weight excluding hydrogens is 367 g/mol. The molecule has 3 rings (SSSR count). The molecule has 0 amide bonds. The number of sulfonamides is 1. The molecule has 0 aliphatic carbocycles. The third-order valence-corrected chi connectivity index (χ3v) is 6.70. The van der Waals surface area contributed by atoms with Crippen molar-refractivity contribution in [3.63, 3.8) is 0 Å². The summed E-state index contributed by atoms with van der Waals surface area (Å²) in [6, 6.07) is 5.45. The van der Waals surface area contributed by atoms with Crippen LogP contribution in [0, 0.1) is 5.82 Å². The van der Waals surface area contributed by atoms with Gasteiger partial charge in [-0.05, 0) is 12.1 Å². The summed E-state index contributed by atoms with van der Waals surface area (Å²) >= 11 is 1.30. The van der Waals surface area contributed by atoms with Gasteiger partial charge in [0.05, 0.1) is 6.61 Å². The number of anilines is 1. The highest BCUT2D eigenvalue weighted by molar-refractivity contribution is 7.89. The van der Waals surface area contributed by atoms with Crippen molar-refractivity contribution >= 4 is 26.7 Å². The Morgan fingerprint density at radius 2 is 1.96 bits per heavy atom. The minimum atomic E-state index is -3.82. The molecule has 1 fully saturated rings. The Morgan fingerprint density at radius 1 is 1.24 bits per heavy atom. The van der Waals surface area contributed by atoms with Crippen LogP contribution < -0.4 is 4.90 Å². The van der Waals surface area contributed by atoms with Crippen molar-refractivity contribution in [2.24, 2.45) is 0 Å². The molecule has 1 aliphatic heterocycles. The molecule has 0 N–H and O–H groups in total. The lowest BCUT2D eigenvalue weighted by Crippen LogP contribution is -2.48. The fraction of sp³-hybridized carbons (Fsp3) is 0.467. The molecule has 1 aromatic heterocycles. The van der Waals surface area contributed by atoms with Crippen LogP contribution in [-0.2, 0) is 21.2 Å². The first-order valence-electron chi connectivity index (χ1n) is 7.83. The first kappa shape index (κ1) is 18.2. The van der Waals surface area contributed by atoms with Crippen molar-refractivity contribution < 1.29 is 17.5 Å². The lowest BCUT2D eigenvalue weighted by atomic mass is 10.3. The minimum absolute atomic E-state index is 0.277. The maximum atomic E-state index is 13.8. The molecule has 0 saturated carbocycles. The van der Waals surface area contributed by atoms with Gasteiger partial charge >= 0.3 is 0 Å². The summed E-state index contributed by atoms with van der Waals surface area (Å²) in [6.45, 7) is 2.11. The van der Waals surface area contributed by atoms with Crippen molar-refractivity contribution in [2.75, 3.05) is 44.8 Å². The van der Waals surface area contributed by atoms with E-state index in [9.17, 15) is 12.8 Å². The SMILES string of the molecule is COCCc1nsc(N2CCN(S(=O)(=O)c3ccccc3F)CC2)n1. The summed E-state index contributed by atoms with van der Waals surface area (Å²) in [6.07, 6.45) is 0.647. The Hall–Kier alpha value is -1.62. The third-order valence-electron chi connectivity index (χ3n) is 3.95. The number of rotatable bonds is 6. The zero-order chi connectivity index (χ0) is 17.9. The van der Waals surface area contributed by atoms with Gasteiger partial charge in [-0.1, -0.05) is 12.1 Å². The van der Waals surface area contributed by atoms with Gasteiger partial charge in [-0.15, -0.1) is 0 Å². The smallest absolute Gasteiger partial charge is 0.246 e. The van der Waals surface area contributed by atoms with E-state index in [0.29, 0.717) is 26.1 Å². The van der Waals surface area contributed by atoms with Gasteiger partial charge in [0.2, 0.25) is 15.2 Å². The second kappa shape index (κ2) is 7.73. The van der Waals surface area contributed by atoms with Crippen molar-refractivity contribution in [2.45, 2.75) is 11.3 Å². The molecule has 1 aliphatic rings. The lowest BCUT2D eigenvalue weighted by molar-refractivity contribution is 0.201. The number of hydrogen-bond donors (Lipinski definition) is 0. The maximum absolute atomic E-state index is 13.8. The number of methoxy groups -OCH3 is 1. The van der Waals surface area contributed by atoms with E-state index in [1.54, 1.807) is 7.11 Å². The molecule has 0 radical (unpaired) electrons. The molecule has 0 bridgehead atoms. The minimum Gasteiger partial charge on any atom is -0.384 e. The van der Waals surface area contributed by atoms with Gasteiger partial charge in [0.1, 0.15) is 16.5 Å². The van der Waals surface area contributed by atoms with Crippen LogP contribution in [0.3, 0.4) is 0 Å².